The summed E-state index contributed by atoms with van der Waals surface area (Å²) in [4.78, 5) is 16.7. The molecule has 0 saturated heterocycles. The number of carbonyl (C=O) groups is 1. The van der Waals surface area contributed by atoms with Crippen molar-refractivity contribution in [1.82, 2.24) is 4.98 Å². The summed E-state index contributed by atoms with van der Waals surface area (Å²) in [6.45, 7) is 0. The van der Waals surface area contributed by atoms with Gasteiger partial charge in [-0.15, -0.1) is 0 Å². The van der Waals surface area contributed by atoms with E-state index in [1.54, 1.807) is 0 Å². The monoisotopic (exact) mass is 307 g/mol. The number of aromatic carboxylic acids is 1. The van der Waals surface area contributed by atoms with Crippen molar-refractivity contribution in [1.29, 1.82) is 0 Å². The minimum atomic E-state index is -0.838. The number of fused-ring (bicyclic) bond motifs is 1. The molecular formula is C20H21NO2. The Morgan fingerprint density at radius 1 is 1.04 bits per heavy atom. The second-order valence-corrected chi connectivity index (χ2v) is 8.08. The first-order valence-electron chi connectivity index (χ1n) is 8.76. The average molecular weight is 307 g/mol. The molecule has 4 saturated carbocycles. The Hall–Kier alpha value is -1.90. The van der Waals surface area contributed by atoms with Gasteiger partial charge in [-0.25, -0.2) is 4.79 Å². The number of carboxylic acid groups (broad SMARTS) is 1. The zero-order valence-electron chi connectivity index (χ0n) is 13.2. The lowest BCUT2D eigenvalue weighted by atomic mass is 9.48. The van der Waals surface area contributed by atoms with Crippen molar-refractivity contribution in [3.05, 3.63) is 41.6 Å². The zero-order valence-corrected chi connectivity index (χ0v) is 13.2. The van der Waals surface area contributed by atoms with Crippen molar-refractivity contribution < 1.29 is 9.90 Å². The van der Waals surface area contributed by atoms with Gasteiger partial charge in [-0.2, -0.15) is 0 Å². The molecule has 4 aliphatic carbocycles. The molecule has 0 radical (unpaired) electrons. The molecule has 0 unspecified atom stereocenters. The van der Waals surface area contributed by atoms with Gasteiger partial charge in [0.2, 0.25) is 0 Å². The Kier molecular flexibility index (Phi) is 2.68. The molecule has 0 spiro atoms. The Bertz CT molecular complexity index is 775. The molecule has 0 aliphatic heterocycles. The zero-order chi connectivity index (χ0) is 15.6. The van der Waals surface area contributed by atoms with Crippen molar-refractivity contribution >= 4 is 16.9 Å². The van der Waals surface area contributed by atoms with Gasteiger partial charge < -0.3 is 5.11 Å². The highest BCUT2D eigenvalue weighted by Crippen LogP contribution is 2.60. The average Bonchev–Trinajstić information content (AvgIpc) is 2.52. The van der Waals surface area contributed by atoms with Crippen LogP contribution in [-0.2, 0) is 5.41 Å². The van der Waals surface area contributed by atoms with Crippen LogP contribution in [0.4, 0.5) is 0 Å². The molecule has 0 amide bonds. The molecule has 1 N–H and O–H groups in total. The minimum absolute atomic E-state index is 0.142. The molecule has 1 aromatic carbocycles. The van der Waals surface area contributed by atoms with E-state index in [2.05, 4.69) is 0 Å². The summed E-state index contributed by atoms with van der Waals surface area (Å²) in [5.41, 5.74) is 2.44. The van der Waals surface area contributed by atoms with Crippen LogP contribution in [-0.4, -0.2) is 16.1 Å². The number of pyridine rings is 1. The first-order chi connectivity index (χ1) is 11.1. The van der Waals surface area contributed by atoms with Gasteiger partial charge in [0, 0.05) is 16.5 Å². The number of benzene rings is 1. The van der Waals surface area contributed by atoms with Crippen LogP contribution in [0.15, 0.2) is 30.3 Å². The van der Waals surface area contributed by atoms with Crippen LogP contribution in [0.3, 0.4) is 0 Å². The maximum absolute atomic E-state index is 11.8. The first-order valence-corrected chi connectivity index (χ1v) is 8.76. The van der Waals surface area contributed by atoms with Crippen molar-refractivity contribution in [2.75, 3.05) is 0 Å². The summed E-state index contributed by atoms with van der Waals surface area (Å²) in [5.74, 6) is 1.67. The normalized spacial score (nSPS) is 34.9. The topological polar surface area (TPSA) is 50.2 Å². The molecule has 3 heteroatoms. The number of rotatable bonds is 2. The summed E-state index contributed by atoms with van der Waals surface area (Å²) in [5, 5.41) is 10.4. The molecule has 6 rings (SSSR count). The van der Waals surface area contributed by atoms with E-state index in [9.17, 15) is 9.90 Å². The highest BCUT2D eigenvalue weighted by atomic mass is 16.4. The van der Waals surface area contributed by atoms with Gasteiger partial charge in [-0.1, -0.05) is 18.2 Å². The van der Waals surface area contributed by atoms with Gasteiger partial charge >= 0.3 is 5.97 Å². The summed E-state index contributed by atoms with van der Waals surface area (Å²) in [7, 11) is 0. The third-order valence-electron chi connectivity index (χ3n) is 6.53. The molecule has 1 heterocycles. The number of aromatic nitrogens is 1. The second-order valence-electron chi connectivity index (χ2n) is 8.08. The van der Waals surface area contributed by atoms with Crippen LogP contribution in [0.2, 0.25) is 0 Å². The fourth-order valence-electron chi connectivity index (χ4n) is 6.05. The van der Waals surface area contributed by atoms with E-state index in [4.69, 9.17) is 4.98 Å². The molecule has 4 fully saturated rings. The SMILES string of the molecule is O=C(O)c1cc(C23CC4CC(CC(C4)C2)C3)nc2ccccc12. The standard InChI is InChI=1S/C20H21NO2/c22-19(23)16-8-18(21-17-4-2-1-3-15(16)17)20-9-12-5-13(10-20)7-14(6-12)11-20/h1-4,8,12-14H,5-7,9-11H2,(H,22,23). The van der Waals surface area contributed by atoms with Crippen LogP contribution in [0.5, 0.6) is 0 Å². The first kappa shape index (κ1) is 13.5. The van der Waals surface area contributed by atoms with E-state index in [0.29, 0.717) is 5.56 Å². The summed E-state index contributed by atoms with van der Waals surface area (Å²) < 4.78 is 0. The Morgan fingerprint density at radius 2 is 1.65 bits per heavy atom. The van der Waals surface area contributed by atoms with E-state index in [0.717, 1.165) is 34.4 Å². The largest absolute Gasteiger partial charge is 0.478 e. The predicted molar refractivity (Wildman–Crippen MR) is 88.6 cm³/mol. The molecule has 2 aromatic rings. The minimum Gasteiger partial charge on any atom is -0.478 e. The Balaban J connectivity index is 1.70. The fraction of sp³-hybridized carbons (Fsp3) is 0.500. The number of hydrogen-bond acceptors (Lipinski definition) is 2. The Labute approximate surface area is 135 Å². The summed E-state index contributed by atoms with van der Waals surface area (Å²) >= 11 is 0. The molecule has 1 aromatic heterocycles. The van der Waals surface area contributed by atoms with Crippen molar-refractivity contribution in [2.24, 2.45) is 17.8 Å². The Morgan fingerprint density at radius 3 is 2.26 bits per heavy atom. The van der Waals surface area contributed by atoms with E-state index in [1.807, 2.05) is 30.3 Å². The molecule has 23 heavy (non-hydrogen) atoms. The molecule has 4 aliphatic rings. The molecule has 3 nitrogen and oxygen atoms in total. The van der Waals surface area contributed by atoms with Gasteiger partial charge in [0.05, 0.1) is 11.1 Å². The third kappa shape index (κ3) is 1.95. The quantitative estimate of drug-likeness (QED) is 0.894. The lowest BCUT2D eigenvalue weighted by Crippen LogP contribution is -2.49. The third-order valence-corrected chi connectivity index (χ3v) is 6.53. The van der Waals surface area contributed by atoms with Crippen LogP contribution in [0, 0.1) is 17.8 Å². The number of para-hydroxylation sites is 1. The van der Waals surface area contributed by atoms with E-state index in [-0.39, 0.29) is 5.41 Å². The van der Waals surface area contributed by atoms with Gasteiger partial charge in [-0.3, -0.25) is 4.98 Å². The summed E-state index contributed by atoms with van der Waals surface area (Å²) in [6.07, 6.45) is 7.80. The van der Waals surface area contributed by atoms with Gasteiger partial charge in [0.15, 0.2) is 0 Å². The molecule has 118 valence electrons. The maximum atomic E-state index is 11.8. The second kappa shape index (κ2) is 4.56. The highest BCUT2D eigenvalue weighted by Gasteiger charge is 2.52. The summed E-state index contributed by atoms with van der Waals surface area (Å²) in [6, 6.07) is 9.55. The number of hydrogen-bond donors (Lipinski definition) is 1. The van der Waals surface area contributed by atoms with Crippen molar-refractivity contribution in [2.45, 2.75) is 43.9 Å². The van der Waals surface area contributed by atoms with Crippen molar-refractivity contribution in [3.8, 4) is 0 Å². The van der Waals surface area contributed by atoms with Crippen LogP contribution < -0.4 is 0 Å². The smallest absolute Gasteiger partial charge is 0.336 e. The van der Waals surface area contributed by atoms with E-state index >= 15 is 0 Å². The number of nitrogens with zero attached hydrogens (tertiary/aromatic N) is 1. The van der Waals surface area contributed by atoms with Crippen LogP contribution >= 0.6 is 0 Å². The predicted octanol–water partition coefficient (Wildman–Crippen LogP) is 4.40. The number of carboxylic acids is 1. The van der Waals surface area contributed by atoms with Crippen LogP contribution in [0.25, 0.3) is 10.9 Å². The van der Waals surface area contributed by atoms with Gasteiger partial charge in [0.1, 0.15) is 0 Å². The lowest BCUT2D eigenvalue weighted by Gasteiger charge is -2.56. The maximum Gasteiger partial charge on any atom is 0.336 e. The van der Waals surface area contributed by atoms with E-state index < -0.39 is 5.97 Å². The molecule has 0 atom stereocenters. The fourth-order valence-corrected chi connectivity index (χ4v) is 6.05. The van der Waals surface area contributed by atoms with Gasteiger partial charge in [-0.05, 0) is 68.4 Å². The molecule has 4 bridgehead atoms. The molecular weight excluding hydrogens is 286 g/mol. The lowest BCUT2D eigenvalue weighted by molar-refractivity contribution is -0.00708. The van der Waals surface area contributed by atoms with E-state index in [1.165, 1.54) is 38.5 Å². The van der Waals surface area contributed by atoms with Gasteiger partial charge in [0.25, 0.3) is 0 Å². The highest BCUT2D eigenvalue weighted by molar-refractivity contribution is 6.02. The van der Waals surface area contributed by atoms with Crippen molar-refractivity contribution in [3.63, 3.8) is 0 Å². The van der Waals surface area contributed by atoms with Crippen LogP contribution in [0.1, 0.15) is 54.6 Å².